The SMILES string of the molecule is CC#CC(=O)N1CCC(n2c(C)cnc2C2CCOCC2)C1. The molecule has 22 heavy (non-hydrogen) atoms. The van der Waals surface area contributed by atoms with Gasteiger partial charge in [-0.15, -0.1) is 0 Å². The van der Waals surface area contributed by atoms with Crippen LogP contribution in [0.4, 0.5) is 0 Å². The number of nitrogens with zero attached hydrogens (tertiary/aromatic N) is 3. The Bertz CT molecular complexity index is 605. The number of amides is 1. The molecule has 3 heterocycles. The molecule has 1 aromatic rings. The molecule has 1 amide bonds. The van der Waals surface area contributed by atoms with Crippen molar-refractivity contribution in [3.8, 4) is 11.8 Å². The number of aromatic nitrogens is 2. The molecule has 0 bridgehead atoms. The molecule has 2 aliphatic heterocycles. The second-order valence-electron chi connectivity index (χ2n) is 6.08. The van der Waals surface area contributed by atoms with E-state index in [9.17, 15) is 4.79 Å². The monoisotopic (exact) mass is 301 g/mol. The lowest BCUT2D eigenvalue weighted by atomic mass is 9.99. The van der Waals surface area contributed by atoms with E-state index in [1.54, 1.807) is 6.92 Å². The van der Waals surface area contributed by atoms with Gasteiger partial charge in [0.05, 0.1) is 6.04 Å². The maximum Gasteiger partial charge on any atom is 0.298 e. The Morgan fingerprint density at radius 2 is 2.14 bits per heavy atom. The summed E-state index contributed by atoms with van der Waals surface area (Å²) in [6.45, 7) is 6.96. The van der Waals surface area contributed by atoms with E-state index in [1.165, 1.54) is 11.5 Å². The standard InChI is InChI=1S/C17H23N3O2/c1-3-4-16(21)19-8-5-15(12-19)20-13(2)11-18-17(20)14-6-9-22-10-7-14/h11,14-15H,5-10,12H2,1-2H3. The van der Waals surface area contributed by atoms with E-state index in [4.69, 9.17) is 4.74 Å². The van der Waals surface area contributed by atoms with Crippen molar-refractivity contribution < 1.29 is 9.53 Å². The van der Waals surface area contributed by atoms with Crippen LogP contribution in [0.1, 0.15) is 49.7 Å². The highest BCUT2D eigenvalue weighted by Crippen LogP contribution is 2.32. The molecule has 2 fully saturated rings. The number of rotatable bonds is 2. The van der Waals surface area contributed by atoms with Gasteiger partial charge in [0.1, 0.15) is 5.82 Å². The number of aryl methyl sites for hydroxylation is 1. The van der Waals surface area contributed by atoms with Gasteiger partial charge in [0.15, 0.2) is 0 Å². The molecule has 0 aromatic carbocycles. The summed E-state index contributed by atoms with van der Waals surface area (Å²) in [6, 6.07) is 0.322. The predicted molar refractivity (Wildman–Crippen MR) is 83.4 cm³/mol. The minimum Gasteiger partial charge on any atom is -0.381 e. The number of carbonyl (C=O) groups is 1. The quantitative estimate of drug-likeness (QED) is 0.784. The predicted octanol–water partition coefficient (Wildman–Crippen LogP) is 1.88. The molecular formula is C17H23N3O2. The Balaban J connectivity index is 1.78. The summed E-state index contributed by atoms with van der Waals surface area (Å²) >= 11 is 0. The topological polar surface area (TPSA) is 47.4 Å². The smallest absolute Gasteiger partial charge is 0.298 e. The highest BCUT2D eigenvalue weighted by molar-refractivity contribution is 5.93. The van der Waals surface area contributed by atoms with E-state index >= 15 is 0 Å². The molecule has 2 saturated heterocycles. The van der Waals surface area contributed by atoms with Crippen LogP contribution in [0.15, 0.2) is 6.20 Å². The molecule has 1 atom stereocenters. The minimum absolute atomic E-state index is 0.0598. The first-order chi connectivity index (χ1) is 10.7. The lowest BCUT2D eigenvalue weighted by molar-refractivity contribution is -0.124. The Hall–Kier alpha value is -1.80. The number of hydrogen-bond acceptors (Lipinski definition) is 3. The second kappa shape index (κ2) is 6.53. The number of imidazole rings is 1. The zero-order valence-electron chi connectivity index (χ0n) is 13.3. The van der Waals surface area contributed by atoms with E-state index in [0.717, 1.165) is 45.6 Å². The van der Waals surface area contributed by atoms with Crippen LogP contribution in [0.25, 0.3) is 0 Å². The van der Waals surface area contributed by atoms with Gasteiger partial charge in [0.25, 0.3) is 5.91 Å². The normalized spacial score (nSPS) is 22.5. The Labute approximate surface area is 131 Å². The fourth-order valence-corrected chi connectivity index (χ4v) is 3.52. The molecule has 1 unspecified atom stereocenters. The lowest BCUT2D eigenvalue weighted by Gasteiger charge is -2.25. The summed E-state index contributed by atoms with van der Waals surface area (Å²) in [5.74, 6) is 6.92. The third kappa shape index (κ3) is 2.89. The van der Waals surface area contributed by atoms with Gasteiger partial charge in [-0.2, -0.15) is 0 Å². The number of carbonyl (C=O) groups excluding carboxylic acids is 1. The van der Waals surface area contributed by atoms with Crippen LogP contribution in [0.3, 0.4) is 0 Å². The Morgan fingerprint density at radius 1 is 1.36 bits per heavy atom. The van der Waals surface area contributed by atoms with Crippen molar-refractivity contribution in [2.45, 2.75) is 45.1 Å². The first-order valence-corrected chi connectivity index (χ1v) is 8.04. The summed E-state index contributed by atoms with van der Waals surface area (Å²) < 4.78 is 7.81. The Morgan fingerprint density at radius 3 is 2.86 bits per heavy atom. The van der Waals surface area contributed by atoms with Gasteiger partial charge in [-0.1, -0.05) is 5.92 Å². The molecule has 0 spiro atoms. The summed E-state index contributed by atoms with van der Waals surface area (Å²) in [4.78, 5) is 18.5. The van der Waals surface area contributed by atoms with Crippen LogP contribution in [0.5, 0.6) is 0 Å². The minimum atomic E-state index is -0.0598. The van der Waals surface area contributed by atoms with Crippen molar-refractivity contribution in [3.05, 3.63) is 17.7 Å². The van der Waals surface area contributed by atoms with Gasteiger partial charge in [0, 0.05) is 44.1 Å². The van der Waals surface area contributed by atoms with Crippen molar-refractivity contribution in [1.82, 2.24) is 14.5 Å². The number of ether oxygens (including phenoxy) is 1. The maximum absolute atomic E-state index is 11.9. The third-order valence-corrected chi connectivity index (χ3v) is 4.64. The summed E-state index contributed by atoms with van der Waals surface area (Å²) in [7, 11) is 0. The fourth-order valence-electron chi connectivity index (χ4n) is 3.52. The molecule has 0 saturated carbocycles. The molecule has 5 nitrogen and oxygen atoms in total. The van der Waals surface area contributed by atoms with Crippen molar-refractivity contribution in [1.29, 1.82) is 0 Å². The molecule has 3 rings (SSSR count). The molecule has 5 heteroatoms. The second-order valence-corrected chi connectivity index (χ2v) is 6.08. The average Bonchev–Trinajstić information content (AvgIpc) is 3.15. The zero-order valence-corrected chi connectivity index (χ0v) is 13.3. The molecular weight excluding hydrogens is 278 g/mol. The van der Waals surface area contributed by atoms with Gasteiger partial charge in [0.2, 0.25) is 0 Å². The lowest BCUT2D eigenvalue weighted by Crippen LogP contribution is -2.28. The van der Waals surface area contributed by atoms with Crippen LogP contribution in [0, 0.1) is 18.8 Å². The van der Waals surface area contributed by atoms with E-state index in [1.807, 2.05) is 11.1 Å². The number of likely N-dealkylation sites (tertiary alicyclic amines) is 1. The van der Waals surface area contributed by atoms with Crippen LogP contribution >= 0.6 is 0 Å². The average molecular weight is 301 g/mol. The molecule has 0 radical (unpaired) electrons. The van der Waals surface area contributed by atoms with Gasteiger partial charge in [-0.05, 0) is 39.0 Å². The summed E-state index contributed by atoms with van der Waals surface area (Å²) in [5.41, 5.74) is 1.18. The van der Waals surface area contributed by atoms with Gasteiger partial charge in [-0.3, -0.25) is 4.79 Å². The maximum atomic E-state index is 11.9. The molecule has 1 aromatic heterocycles. The first-order valence-electron chi connectivity index (χ1n) is 8.04. The summed E-state index contributed by atoms with van der Waals surface area (Å²) in [5, 5.41) is 0. The molecule has 0 N–H and O–H groups in total. The Kier molecular flexibility index (Phi) is 4.49. The van der Waals surface area contributed by atoms with E-state index < -0.39 is 0 Å². The largest absolute Gasteiger partial charge is 0.381 e. The van der Waals surface area contributed by atoms with E-state index in [0.29, 0.717) is 12.0 Å². The highest BCUT2D eigenvalue weighted by atomic mass is 16.5. The van der Waals surface area contributed by atoms with Crippen molar-refractivity contribution in [2.75, 3.05) is 26.3 Å². The van der Waals surface area contributed by atoms with Crippen molar-refractivity contribution in [2.24, 2.45) is 0 Å². The highest BCUT2D eigenvalue weighted by Gasteiger charge is 2.31. The van der Waals surface area contributed by atoms with Crippen LogP contribution in [0.2, 0.25) is 0 Å². The van der Waals surface area contributed by atoms with Crippen LogP contribution < -0.4 is 0 Å². The number of hydrogen-bond donors (Lipinski definition) is 0. The van der Waals surface area contributed by atoms with Gasteiger partial charge < -0.3 is 14.2 Å². The van der Waals surface area contributed by atoms with Crippen molar-refractivity contribution >= 4 is 5.91 Å². The van der Waals surface area contributed by atoms with E-state index in [2.05, 4.69) is 28.3 Å². The fraction of sp³-hybridized carbons (Fsp3) is 0.647. The molecule has 0 aliphatic carbocycles. The van der Waals surface area contributed by atoms with Crippen molar-refractivity contribution in [3.63, 3.8) is 0 Å². The third-order valence-electron chi connectivity index (χ3n) is 4.64. The van der Waals surface area contributed by atoms with Crippen LogP contribution in [-0.2, 0) is 9.53 Å². The zero-order chi connectivity index (χ0) is 15.5. The molecule has 118 valence electrons. The molecule has 2 aliphatic rings. The summed E-state index contributed by atoms with van der Waals surface area (Å²) in [6.07, 6.45) is 5.01. The van der Waals surface area contributed by atoms with Gasteiger partial charge in [-0.25, -0.2) is 4.98 Å². The first kappa shape index (κ1) is 15.1. The van der Waals surface area contributed by atoms with Gasteiger partial charge >= 0.3 is 0 Å². The van der Waals surface area contributed by atoms with E-state index in [-0.39, 0.29) is 5.91 Å². The van der Waals surface area contributed by atoms with Crippen LogP contribution in [-0.4, -0.2) is 46.7 Å².